The summed E-state index contributed by atoms with van der Waals surface area (Å²) in [5, 5.41) is 33.1. The Balaban J connectivity index is 1.72. The zero-order valence-electron chi connectivity index (χ0n) is 12.6. The molecule has 3 rings (SSSR count). The molecule has 0 amide bonds. The van der Waals surface area contributed by atoms with Crippen molar-refractivity contribution in [3.8, 4) is 0 Å². The number of aliphatic hydroxyl groups excluding tert-OH is 3. The van der Waals surface area contributed by atoms with Crippen molar-refractivity contribution in [2.24, 2.45) is 0 Å². The summed E-state index contributed by atoms with van der Waals surface area (Å²) in [6, 6.07) is 0.133. The Hall–Kier alpha value is -0.240. The number of fused-ring (bicyclic) bond motifs is 2. The van der Waals surface area contributed by atoms with E-state index in [9.17, 15) is 15.3 Å². The molecule has 6 nitrogen and oxygen atoms in total. The highest BCUT2D eigenvalue weighted by Gasteiger charge is 2.57. The lowest BCUT2D eigenvalue weighted by molar-refractivity contribution is -0.211. The lowest BCUT2D eigenvalue weighted by Crippen LogP contribution is -2.60. The second-order valence-corrected chi connectivity index (χ2v) is 6.85. The van der Waals surface area contributed by atoms with E-state index in [-0.39, 0.29) is 12.6 Å². The third-order valence-corrected chi connectivity index (χ3v) is 5.04. The SMILES string of the molecule is C[C@@]12C[C@@H](O)[C@@H](NC3CCCCC3)C(O1)[C@@H]([C@H](O)CO)O2. The van der Waals surface area contributed by atoms with E-state index in [0.29, 0.717) is 12.5 Å². The molecule has 0 aromatic heterocycles. The molecule has 1 saturated carbocycles. The van der Waals surface area contributed by atoms with Crippen LogP contribution in [0.2, 0.25) is 0 Å². The average molecular weight is 301 g/mol. The summed E-state index contributed by atoms with van der Waals surface area (Å²) in [6.07, 6.45) is 3.72. The topological polar surface area (TPSA) is 91.2 Å². The van der Waals surface area contributed by atoms with Gasteiger partial charge in [0.1, 0.15) is 18.3 Å². The number of hydrogen-bond acceptors (Lipinski definition) is 6. The van der Waals surface area contributed by atoms with Gasteiger partial charge < -0.3 is 30.1 Å². The van der Waals surface area contributed by atoms with Gasteiger partial charge in [-0.15, -0.1) is 0 Å². The molecule has 2 saturated heterocycles. The first kappa shape index (κ1) is 15.6. The fourth-order valence-corrected chi connectivity index (χ4v) is 3.99. The first-order valence-electron chi connectivity index (χ1n) is 8.11. The van der Waals surface area contributed by atoms with Gasteiger partial charge in [0.25, 0.3) is 0 Å². The van der Waals surface area contributed by atoms with Gasteiger partial charge in [-0.2, -0.15) is 0 Å². The van der Waals surface area contributed by atoms with Crippen LogP contribution in [-0.2, 0) is 9.47 Å². The summed E-state index contributed by atoms with van der Waals surface area (Å²) < 4.78 is 11.7. The Bertz CT molecular complexity index is 362. The second kappa shape index (κ2) is 6.10. The second-order valence-electron chi connectivity index (χ2n) is 6.85. The predicted octanol–water partition coefficient (Wildman–Crippen LogP) is -0.105. The largest absolute Gasteiger partial charge is 0.394 e. The molecule has 6 atom stereocenters. The zero-order chi connectivity index (χ0) is 15.0. The van der Waals surface area contributed by atoms with Crippen molar-refractivity contribution in [1.29, 1.82) is 0 Å². The monoisotopic (exact) mass is 301 g/mol. The van der Waals surface area contributed by atoms with Crippen LogP contribution in [0.4, 0.5) is 0 Å². The maximum absolute atomic E-state index is 10.5. The van der Waals surface area contributed by atoms with Gasteiger partial charge in [0, 0.05) is 12.5 Å². The van der Waals surface area contributed by atoms with Crippen LogP contribution in [0.25, 0.3) is 0 Å². The Kier molecular flexibility index (Phi) is 4.55. The summed E-state index contributed by atoms with van der Waals surface area (Å²) in [6.45, 7) is 1.41. The van der Waals surface area contributed by atoms with E-state index in [1.807, 2.05) is 0 Å². The molecular formula is C15H27NO5. The molecule has 6 heteroatoms. The number of aliphatic hydroxyl groups is 3. The number of rotatable bonds is 4. The van der Waals surface area contributed by atoms with Crippen LogP contribution < -0.4 is 5.32 Å². The molecule has 2 bridgehead atoms. The van der Waals surface area contributed by atoms with E-state index in [0.717, 1.165) is 12.8 Å². The van der Waals surface area contributed by atoms with Crippen LogP contribution in [0.3, 0.4) is 0 Å². The van der Waals surface area contributed by atoms with Crippen LogP contribution in [0.5, 0.6) is 0 Å². The van der Waals surface area contributed by atoms with E-state index < -0.39 is 30.2 Å². The van der Waals surface area contributed by atoms with Crippen molar-refractivity contribution in [3.63, 3.8) is 0 Å². The van der Waals surface area contributed by atoms with Gasteiger partial charge in [-0.05, 0) is 19.8 Å². The molecule has 3 aliphatic rings. The quantitative estimate of drug-likeness (QED) is 0.579. The van der Waals surface area contributed by atoms with E-state index in [2.05, 4.69) is 5.32 Å². The molecule has 4 N–H and O–H groups in total. The molecular weight excluding hydrogens is 274 g/mol. The highest BCUT2D eigenvalue weighted by Crippen LogP contribution is 2.41. The average Bonchev–Trinajstić information content (AvgIpc) is 2.77. The van der Waals surface area contributed by atoms with Gasteiger partial charge in [0.15, 0.2) is 5.79 Å². The fraction of sp³-hybridized carbons (Fsp3) is 1.00. The van der Waals surface area contributed by atoms with Crippen LogP contribution >= 0.6 is 0 Å². The number of hydrogen-bond donors (Lipinski definition) is 4. The van der Waals surface area contributed by atoms with E-state index in [1.165, 1.54) is 19.3 Å². The van der Waals surface area contributed by atoms with Crippen LogP contribution in [0.15, 0.2) is 0 Å². The Morgan fingerprint density at radius 1 is 1.24 bits per heavy atom. The fourth-order valence-electron chi connectivity index (χ4n) is 3.99. The summed E-state index contributed by atoms with van der Waals surface area (Å²) in [7, 11) is 0. The van der Waals surface area contributed by atoms with Gasteiger partial charge in [0.2, 0.25) is 0 Å². The Morgan fingerprint density at radius 3 is 2.62 bits per heavy atom. The highest BCUT2D eigenvalue weighted by atomic mass is 16.8. The van der Waals surface area contributed by atoms with Gasteiger partial charge in [-0.3, -0.25) is 0 Å². The van der Waals surface area contributed by atoms with E-state index in [1.54, 1.807) is 6.92 Å². The van der Waals surface area contributed by atoms with Crippen molar-refractivity contribution in [2.45, 2.75) is 87.7 Å². The van der Waals surface area contributed by atoms with E-state index in [4.69, 9.17) is 9.47 Å². The standard InChI is InChI=1S/C15H27NO5/c1-15-7-10(18)12(16-9-5-3-2-4-6-9)14(21-15)13(20-15)11(19)8-17/h9-14,16-19H,2-8H2,1H3/t10-,11-,12-,13-,14?,15+/m1/s1. The molecule has 0 spiro atoms. The first-order valence-corrected chi connectivity index (χ1v) is 8.11. The molecule has 21 heavy (non-hydrogen) atoms. The zero-order valence-corrected chi connectivity index (χ0v) is 12.6. The van der Waals surface area contributed by atoms with Crippen molar-refractivity contribution in [3.05, 3.63) is 0 Å². The summed E-state index contributed by atoms with van der Waals surface area (Å²) in [5.74, 6) is -0.865. The molecule has 0 aromatic carbocycles. The minimum Gasteiger partial charge on any atom is -0.394 e. The van der Waals surface area contributed by atoms with Crippen molar-refractivity contribution in [2.75, 3.05) is 6.61 Å². The van der Waals surface area contributed by atoms with Gasteiger partial charge in [0.05, 0.1) is 18.8 Å². The molecule has 122 valence electrons. The Labute approximate surface area is 125 Å². The van der Waals surface area contributed by atoms with Crippen LogP contribution in [0, 0.1) is 0 Å². The number of ether oxygens (including phenoxy) is 2. The van der Waals surface area contributed by atoms with Crippen molar-refractivity contribution >= 4 is 0 Å². The minimum absolute atomic E-state index is 0.255. The molecule has 1 aliphatic carbocycles. The van der Waals surface area contributed by atoms with Crippen LogP contribution in [0.1, 0.15) is 45.4 Å². The lowest BCUT2D eigenvalue weighted by Gasteiger charge is -2.40. The lowest BCUT2D eigenvalue weighted by atomic mass is 9.89. The Morgan fingerprint density at radius 2 is 1.95 bits per heavy atom. The smallest absolute Gasteiger partial charge is 0.169 e. The van der Waals surface area contributed by atoms with Crippen molar-refractivity contribution in [1.82, 2.24) is 5.32 Å². The molecule has 1 unspecified atom stereocenters. The molecule has 2 aliphatic heterocycles. The third-order valence-electron chi connectivity index (χ3n) is 5.04. The summed E-state index contributed by atoms with van der Waals surface area (Å²) in [4.78, 5) is 0. The maximum atomic E-state index is 10.5. The highest BCUT2D eigenvalue weighted by molar-refractivity contribution is 5.04. The summed E-state index contributed by atoms with van der Waals surface area (Å²) in [5.41, 5.74) is 0. The van der Waals surface area contributed by atoms with Crippen molar-refractivity contribution < 1.29 is 24.8 Å². The minimum atomic E-state index is -0.988. The van der Waals surface area contributed by atoms with E-state index >= 15 is 0 Å². The number of nitrogens with one attached hydrogen (secondary N) is 1. The molecule has 0 aromatic rings. The van der Waals surface area contributed by atoms with Gasteiger partial charge in [-0.1, -0.05) is 19.3 Å². The maximum Gasteiger partial charge on any atom is 0.169 e. The van der Waals surface area contributed by atoms with Crippen LogP contribution in [-0.4, -0.2) is 64.2 Å². The first-order chi connectivity index (χ1) is 10.0. The van der Waals surface area contributed by atoms with Gasteiger partial charge in [-0.25, -0.2) is 0 Å². The van der Waals surface area contributed by atoms with Gasteiger partial charge >= 0.3 is 0 Å². The third kappa shape index (κ3) is 3.11. The predicted molar refractivity (Wildman–Crippen MR) is 75.7 cm³/mol. The summed E-state index contributed by atoms with van der Waals surface area (Å²) >= 11 is 0. The molecule has 3 fully saturated rings. The molecule has 0 radical (unpaired) electrons. The normalized spacial score (nSPS) is 45.7. The molecule has 2 heterocycles.